The third-order valence-electron chi connectivity index (χ3n) is 7.77. The molecule has 1 saturated carbocycles. The first kappa shape index (κ1) is 27.8. The van der Waals surface area contributed by atoms with Crippen molar-refractivity contribution in [3.05, 3.63) is 0 Å². The molecule has 2 aliphatic rings. The number of unbranched alkanes of at least 4 members (excludes halogenated alkanes) is 1. The Hall–Kier alpha value is -0.460. The van der Waals surface area contributed by atoms with Gasteiger partial charge in [0.15, 0.2) is 0 Å². The summed E-state index contributed by atoms with van der Waals surface area (Å²) in [5.74, 6) is 3.81. The van der Waals surface area contributed by atoms with Gasteiger partial charge in [-0.2, -0.15) is 0 Å². The van der Waals surface area contributed by atoms with E-state index in [4.69, 9.17) is 9.47 Å². The van der Waals surface area contributed by atoms with E-state index < -0.39 is 0 Å². The van der Waals surface area contributed by atoms with Gasteiger partial charge in [-0.15, -0.1) is 11.8 Å². The summed E-state index contributed by atoms with van der Waals surface area (Å²) in [5, 5.41) is 10.9. The molecule has 2 rings (SSSR count). The lowest BCUT2D eigenvalue weighted by molar-refractivity contribution is -0.0201. The molecule has 0 aromatic heterocycles. The molecule has 1 heterocycles. The van der Waals surface area contributed by atoms with Crippen molar-refractivity contribution in [1.82, 2.24) is 4.90 Å². The first-order valence-corrected chi connectivity index (χ1v) is 14.0. The quantitative estimate of drug-likeness (QED) is 0.304. The topological polar surface area (TPSA) is 59.0 Å². The molecule has 188 valence electrons. The summed E-state index contributed by atoms with van der Waals surface area (Å²) >= 11 is 1.66. The second-order valence-corrected chi connectivity index (χ2v) is 12.0. The molecule has 0 aromatic carbocycles. The Bertz CT molecular complexity index is 550. The molecular weight excluding hydrogens is 422 g/mol. The van der Waals surface area contributed by atoms with Gasteiger partial charge in [-0.1, -0.05) is 20.3 Å². The van der Waals surface area contributed by atoms with Gasteiger partial charge in [0.05, 0.1) is 19.3 Å². The fourth-order valence-corrected chi connectivity index (χ4v) is 6.95. The van der Waals surface area contributed by atoms with Gasteiger partial charge in [-0.3, -0.25) is 0 Å². The lowest BCUT2D eigenvalue weighted by atomic mass is 9.63. The summed E-state index contributed by atoms with van der Waals surface area (Å²) in [7, 11) is 0. The second kappa shape index (κ2) is 13.4. The molecule has 32 heavy (non-hydrogen) atoms. The molecule has 0 spiro atoms. The van der Waals surface area contributed by atoms with E-state index in [1.165, 1.54) is 25.7 Å². The summed E-state index contributed by atoms with van der Waals surface area (Å²) in [6, 6.07) is 0.276. The molecule has 0 bridgehead atoms. The van der Waals surface area contributed by atoms with Gasteiger partial charge < -0.3 is 19.5 Å². The highest BCUT2D eigenvalue weighted by molar-refractivity contribution is 7.99. The van der Waals surface area contributed by atoms with Gasteiger partial charge in [0, 0.05) is 12.1 Å². The number of ether oxygens (including phenoxy) is 2. The van der Waals surface area contributed by atoms with E-state index in [1.54, 1.807) is 16.7 Å². The Morgan fingerprint density at radius 2 is 1.72 bits per heavy atom. The zero-order valence-electron chi connectivity index (χ0n) is 21.6. The number of hydrogen-bond donors (Lipinski definition) is 1. The Kier molecular flexibility index (Phi) is 11.7. The van der Waals surface area contributed by atoms with Crippen LogP contribution in [-0.4, -0.2) is 58.7 Å². The summed E-state index contributed by atoms with van der Waals surface area (Å²) in [6.45, 7) is 16.2. The van der Waals surface area contributed by atoms with Crippen molar-refractivity contribution in [1.29, 1.82) is 0 Å². The maximum Gasteiger partial charge on any atom is 0.410 e. The Balaban J connectivity index is 1.72. The average molecular weight is 472 g/mol. The van der Waals surface area contributed by atoms with Crippen LogP contribution in [0.4, 0.5) is 4.79 Å². The highest BCUT2D eigenvalue weighted by Crippen LogP contribution is 2.47. The third-order valence-corrected chi connectivity index (χ3v) is 9.06. The fraction of sp³-hybridized carbons (Fsp3) is 0.962. The molecule has 1 aliphatic carbocycles. The number of rotatable bonds is 10. The summed E-state index contributed by atoms with van der Waals surface area (Å²) in [5.41, 5.74) is -0.338. The van der Waals surface area contributed by atoms with Crippen molar-refractivity contribution in [3.63, 3.8) is 0 Å². The zero-order valence-corrected chi connectivity index (χ0v) is 22.4. The van der Waals surface area contributed by atoms with Crippen LogP contribution in [0.25, 0.3) is 0 Å². The lowest BCUT2D eigenvalue weighted by Crippen LogP contribution is -2.42. The van der Waals surface area contributed by atoms with Crippen LogP contribution >= 0.6 is 11.8 Å². The van der Waals surface area contributed by atoms with Crippen molar-refractivity contribution in [2.75, 3.05) is 19.0 Å². The summed E-state index contributed by atoms with van der Waals surface area (Å²) < 4.78 is 11.6. The zero-order chi connectivity index (χ0) is 23.8. The predicted molar refractivity (Wildman–Crippen MR) is 134 cm³/mol. The number of hydrogen-bond acceptors (Lipinski definition) is 5. The van der Waals surface area contributed by atoms with E-state index in [9.17, 15) is 9.90 Å². The molecule has 0 aromatic rings. The van der Waals surface area contributed by atoms with Crippen LogP contribution in [0.2, 0.25) is 0 Å². The fourth-order valence-electron chi connectivity index (χ4n) is 5.83. The molecule has 1 N–H and O–H groups in total. The molecule has 1 aliphatic heterocycles. The van der Waals surface area contributed by atoms with E-state index in [2.05, 4.69) is 20.8 Å². The smallest absolute Gasteiger partial charge is 0.410 e. The van der Waals surface area contributed by atoms with Crippen LogP contribution in [0.15, 0.2) is 0 Å². The van der Waals surface area contributed by atoms with Crippen LogP contribution < -0.4 is 0 Å². The molecule has 1 amide bonds. The summed E-state index contributed by atoms with van der Waals surface area (Å²) in [4.78, 5) is 14.0. The van der Waals surface area contributed by atoms with E-state index in [0.717, 1.165) is 37.0 Å². The van der Waals surface area contributed by atoms with Crippen molar-refractivity contribution >= 4 is 17.9 Å². The SMILES string of the molecule is CC1CC[C@@H]2C(CO1)[C@H](C(C)[C@@H](O)SCCCCOC(=O)N(C(C)C)C(C)C)CC[C@H]2C. The van der Waals surface area contributed by atoms with Gasteiger partial charge >= 0.3 is 6.09 Å². The summed E-state index contributed by atoms with van der Waals surface area (Å²) in [6.07, 6.45) is 6.83. The van der Waals surface area contributed by atoms with Crippen LogP contribution in [0, 0.1) is 29.6 Å². The number of thioether (sulfide) groups is 1. The first-order chi connectivity index (χ1) is 15.1. The first-order valence-electron chi connectivity index (χ1n) is 13.0. The van der Waals surface area contributed by atoms with Gasteiger partial charge in [-0.25, -0.2) is 4.79 Å². The van der Waals surface area contributed by atoms with Crippen molar-refractivity contribution in [3.8, 4) is 0 Å². The van der Waals surface area contributed by atoms with Crippen LogP contribution in [0.3, 0.4) is 0 Å². The van der Waals surface area contributed by atoms with Crippen LogP contribution in [0.5, 0.6) is 0 Å². The van der Waals surface area contributed by atoms with Crippen LogP contribution in [-0.2, 0) is 9.47 Å². The normalized spacial score (nSPS) is 30.5. The molecule has 6 heteroatoms. The van der Waals surface area contributed by atoms with Crippen molar-refractivity contribution in [2.45, 2.75) is 111 Å². The van der Waals surface area contributed by atoms with E-state index in [1.807, 2.05) is 27.7 Å². The monoisotopic (exact) mass is 471 g/mol. The average Bonchev–Trinajstić information content (AvgIpc) is 2.92. The minimum Gasteiger partial charge on any atom is -0.449 e. The van der Waals surface area contributed by atoms with Crippen LogP contribution in [0.1, 0.15) is 87.0 Å². The predicted octanol–water partition coefficient (Wildman–Crippen LogP) is 6.19. The standard InChI is InChI=1S/C26H49NO4S/c1-17(2)27(18(3)4)26(29)30-14-8-9-15-32-25(28)21(7)23-12-10-19(5)22-13-11-20(6)31-16-24(22)23/h17-25,28H,8-16H2,1-7H3/t19-,20?,21?,22+,23+,24?,25+/m1/s1. The number of carbonyl (C=O) groups is 1. The Labute approximate surface area is 201 Å². The highest BCUT2D eigenvalue weighted by Gasteiger charge is 2.42. The Morgan fingerprint density at radius 1 is 1.03 bits per heavy atom. The minimum atomic E-state index is -0.338. The number of fused-ring (bicyclic) bond motifs is 1. The lowest BCUT2D eigenvalue weighted by Gasteiger charge is -2.44. The van der Waals surface area contributed by atoms with Gasteiger partial charge in [0.25, 0.3) is 0 Å². The van der Waals surface area contributed by atoms with Gasteiger partial charge in [0.1, 0.15) is 5.44 Å². The number of carbonyl (C=O) groups excluding carboxylic acids is 1. The number of amides is 1. The highest BCUT2D eigenvalue weighted by atomic mass is 32.2. The second-order valence-electron chi connectivity index (χ2n) is 10.8. The molecular formula is C26H49NO4S. The molecule has 0 radical (unpaired) electrons. The number of aliphatic hydroxyl groups is 1. The van der Waals surface area contributed by atoms with E-state index in [-0.39, 0.29) is 29.5 Å². The molecule has 5 nitrogen and oxygen atoms in total. The maximum absolute atomic E-state index is 12.3. The molecule has 1 saturated heterocycles. The molecule has 3 unspecified atom stereocenters. The van der Waals surface area contributed by atoms with E-state index >= 15 is 0 Å². The van der Waals surface area contributed by atoms with Crippen molar-refractivity contribution < 1.29 is 19.4 Å². The molecule has 2 fully saturated rings. The number of aliphatic hydroxyl groups excluding tert-OH is 1. The minimum absolute atomic E-state index is 0.138. The Morgan fingerprint density at radius 3 is 2.38 bits per heavy atom. The molecule has 7 atom stereocenters. The number of nitrogens with zero attached hydrogens (tertiary/aromatic N) is 1. The largest absolute Gasteiger partial charge is 0.449 e. The van der Waals surface area contributed by atoms with Gasteiger partial charge in [-0.05, 0) is 102 Å². The van der Waals surface area contributed by atoms with E-state index in [0.29, 0.717) is 24.5 Å². The third kappa shape index (κ3) is 7.80. The van der Waals surface area contributed by atoms with Crippen molar-refractivity contribution in [2.24, 2.45) is 29.6 Å². The van der Waals surface area contributed by atoms with Gasteiger partial charge in [0.2, 0.25) is 0 Å². The maximum atomic E-state index is 12.3.